The highest BCUT2D eigenvalue weighted by atomic mass is 19.1. The molecule has 3 rings (SSSR count). The van der Waals surface area contributed by atoms with Crippen LogP contribution in [0.1, 0.15) is 30.9 Å². The fraction of sp³-hybridized carbons (Fsp3) is 0.429. The number of halogens is 1. The maximum atomic E-state index is 13.0. The zero-order valence-electron chi connectivity index (χ0n) is 17.7. The van der Waals surface area contributed by atoms with Gasteiger partial charge in [0.2, 0.25) is 17.6 Å². The number of aromatic hydroxyl groups is 1. The molecule has 2 aromatic rings. The number of amides is 2. The first-order valence-corrected chi connectivity index (χ1v) is 9.93. The molecule has 1 aromatic carbocycles. The van der Waals surface area contributed by atoms with Crippen LogP contribution in [0.5, 0.6) is 5.75 Å². The summed E-state index contributed by atoms with van der Waals surface area (Å²) in [6.07, 6.45) is -0.290. The third-order valence-electron chi connectivity index (χ3n) is 5.49. The molecule has 0 saturated carbocycles. The van der Waals surface area contributed by atoms with Gasteiger partial charge >= 0.3 is 0 Å². The number of hydrogen-bond acceptors (Lipinski definition) is 6. The third-order valence-corrected chi connectivity index (χ3v) is 5.49. The fourth-order valence-electron chi connectivity index (χ4n) is 3.57. The Balaban J connectivity index is 1.81. The van der Waals surface area contributed by atoms with E-state index in [0.29, 0.717) is 17.9 Å². The normalized spacial score (nSPS) is 15.2. The number of aromatic nitrogens is 2. The monoisotopic (exact) mass is 431 g/mol. The van der Waals surface area contributed by atoms with Crippen LogP contribution in [-0.4, -0.2) is 51.5 Å². The first-order chi connectivity index (χ1) is 14.6. The van der Waals surface area contributed by atoms with Gasteiger partial charge in [0.05, 0.1) is 24.2 Å². The van der Waals surface area contributed by atoms with E-state index in [-0.39, 0.29) is 43.5 Å². The van der Waals surface area contributed by atoms with Crippen LogP contribution in [0, 0.1) is 5.82 Å². The van der Waals surface area contributed by atoms with Crippen molar-refractivity contribution < 1.29 is 19.1 Å². The summed E-state index contributed by atoms with van der Waals surface area (Å²) in [6.45, 7) is 4.69. The van der Waals surface area contributed by atoms with Gasteiger partial charge in [-0.3, -0.25) is 23.9 Å². The molecule has 0 spiro atoms. The number of rotatable bonds is 6. The van der Waals surface area contributed by atoms with Crippen LogP contribution in [0.2, 0.25) is 0 Å². The van der Waals surface area contributed by atoms with E-state index in [2.05, 4.69) is 15.6 Å². The SMILES string of the molecule is CNC(=O)CN1CCn2c(nc(CC(=O)NCc3ccc(F)cc3)c(O)c2=O)C1(C)C. The largest absolute Gasteiger partial charge is 0.502 e. The Bertz CT molecular complexity index is 1050. The molecular formula is C21H26FN5O4. The molecule has 0 aliphatic carbocycles. The summed E-state index contributed by atoms with van der Waals surface area (Å²) in [5.74, 6) is -1.15. The Morgan fingerprint density at radius 2 is 1.87 bits per heavy atom. The number of benzene rings is 1. The van der Waals surface area contributed by atoms with Crippen molar-refractivity contribution >= 4 is 11.8 Å². The van der Waals surface area contributed by atoms with E-state index >= 15 is 0 Å². The summed E-state index contributed by atoms with van der Waals surface area (Å²) >= 11 is 0. The van der Waals surface area contributed by atoms with Crippen molar-refractivity contribution in [2.45, 2.75) is 38.9 Å². The molecule has 1 aliphatic rings. The molecule has 9 nitrogen and oxygen atoms in total. The van der Waals surface area contributed by atoms with Crippen LogP contribution >= 0.6 is 0 Å². The predicted molar refractivity (Wildman–Crippen MR) is 111 cm³/mol. The molecule has 1 aliphatic heterocycles. The summed E-state index contributed by atoms with van der Waals surface area (Å²) < 4.78 is 14.4. The quantitative estimate of drug-likeness (QED) is 0.604. The molecule has 31 heavy (non-hydrogen) atoms. The molecule has 1 aromatic heterocycles. The van der Waals surface area contributed by atoms with Gasteiger partial charge in [-0.2, -0.15) is 0 Å². The maximum Gasteiger partial charge on any atom is 0.296 e. The van der Waals surface area contributed by atoms with Crippen LogP contribution in [0.25, 0.3) is 0 Å². The van der Waals surface area contributed by atoms with Crippen molar-refractivity contribution in [2.24, 2.45) is 0 Å². The molecule has 0 fully saturated rings. The van der Waals surface area contributed by atoms with E-state index in [1.807, 2.05) is 18.7 Å². The maximum absolute atomic E-state index is 13.0. The number of carbonyl (C=O) groups excluding carboxylic acids is 2. The van der Waals surface area contributed by atoms with Gasteiger partial charge in [-0.1, -0.05) is 12.1 Å². The van der Waals surface area contributed by atoms with Crippen LogP contribution in [0.4, 0.5) is 4.39 Å². The summed E-state index contributed by atoms with van der Waals surface area (Å²) in [7, 11) is 1.55. The standard InChI is InChI=1S/C21H26FN5O4/c1-21(2)20-25-15(10-16(28)24-11-13-4-6-14(22)7-5-13)18(30)19(31)27(20)9-8-26(21)12-17(29)23-3/h4-7,30H,8-12H2,1-3H3,(H,23,29)(H,24,28). The molecule has 0 bridgehead atoms. The topological polar surface area (TPSA) is 117 Å². The van der Waals surface area contributed by atoms with Crippen molar-refractivity contribution in [1.82, 2.24) is 25.1 Å². The Hall–Kier alpha value is -3.27. The van der Waals surface area contributed by atoms with Gasteiger partial charge in [-0.15, -0.1) is 0 Å². The van der Waals surface area contributed by atoms with Gasteiger partial charge in [-0.05, 0) is 31.5 Å². The van der Waals surface area contributed by atoms with Crippen molar-refractivity contribution in [1.29, 1.82) is 0 Å². The highest BCUT2D eigenvalue weighted by Gasteiger charge is 2.39. The van der Waals surface area contributed by atoms with Gasteiger partial charge in [-0.25, -0.2) is 9.37 Å². The molecule has 2 amide bonds. The van der Waals surface area contributed by atoms with Crippen molar-refractivity contribution in [3.63, 3.8) is 0 Å². The van der Waals surface area contributed by atoms with Crippen LogP contribution < -0.4 is 16.2 Å². The molecule has 10 heteroatoms. The summed E-state index contributed by atoms with van der Waals surface area (Å²) in [6, 6.07) is 5.71. The fourth-order valence-corrected chi connectivity index (χ4v) is 3.57. The van der Waals surface area contributed by atoms with Gasteiger partial charge < -0.3 is 15.7 Å². The minimum atomic E-state index is -0.767. The highest BCUT2D eigenvalue weighted by molar-refractivity contribution is 5.79. The average molecular weight is 431 g/mol. The van der Waals surface area contributed by atoms with E-state index in [1.54, 1.807) is 19.2 Å². The van der Waals surface area contributed by atoms with Gasteiger partial charge in [0.1, 0.15) is 11.6 Å². The molecule has 0 atom stereocenters. The number of nitrogens with one attached hydrogen (secondary N) is 2. The van der Waals surface area contributed by atoms with Crippen LogP contribution in [0.3, 0.4) is 0 Å². The summed E-state index contributed by atoms with van der Waals surface area (Å²) in [5.41, 5.74) is -0.693. The first kappa shape index (κ1) is 22.4. The van der Waals surface area contributed by atoms with Crippen molar-refractivity contribution in [2.75, 3.05) is 20.1 Å². The number of likely N-dealkylation sites (N-methyl/N-ethyl adjacent to an activating group) is 1. The first-order valence-electron chi connectivity index (χ1n) is 9.93. The predicted octanol–water partition coefficient (Wildman–Crippen LogP) is 0.244. The minimum Gasteiger partial charge on any atom is -0.502 e. The molecule has 3 N–H and O–H groups in total. The summed E-state index contributed by atoms with van der Waals surface area (Å²) in [4.78, 5) is 43.3. The van der Waals surface area contributed by atoms with E-state index < -0.39 is 22.8 Å². The van der Waals surface area contributed by atoms with E-state index in [0.717, 1.165) is 0 Å². The molecular weight excluding hydrogens is 405 g/mol. The van der Waals surface area contributed by atoms with Crippen molar-refractivity contribution in [3.8, 4) is 5.75 Å². The zero-order chi connectivity index (χ0) is 22.8. The second-order valence-corrected chi connectivity index (χ2v) is 7.92. The Kier molecular flexibility index (Phi) is 6.40. The number of hydrogen-bond donors (Lipinski definition) is 3. The lowest BCUT2D eigenvalue weighted by molar-refractivity contribution is -0.124. The number of nitrogens with zero attached hydrogens (tertiary/aromatic N) is 3. The van der Waals surface area contributed by atoms with Gasteiger partial charge in [0, 0.05) is 26.7 Å². The smallest absolute Gasteiger partial charge is 0.296 e. The van der Waals surface area contributed by atoms with Crippen molar-refractivity contribution in [3.05, 3.63) is 57.5 Å². The van der Waals surface area contributed by atoms with Crippen LogP contribution in [0.15, 0.2) is 29.1 Å². The van der Waals surface area contributed by atoms with E-state index in [9.17, 15) is 23.9 Å². The lowest BCUT2D eigenvalue weighted by Gasteiger charge is -2.42. The minimum absolute atomic E-state index is 0.0253. The second kappa shape index (κ2) is 8.84. The lowest BCUT2D eigenvalue weighted by Crippen LogP contribution is -2.55. The number of carbonyl (C=O) groups is 2. The molecule has 166 valence electrons. The van der Waals surface area contributed by atoms with Gasteiger partial charge in [0.15, 0.2) is 0 Å². The Labute approximate surface area is 178 Å². The zero-order valence-corrected chi connectivity index (χ0v) is 17.7. The Morgan fingerprint density at radius 1 is 1.19 bits per heavy atom. The lowest BCUT2D eigenvalue weighted by atomic mass is 9.98. The Morgan fingerprint density at radius 3 is 2.52 bits per heavy atom. The van der Waals surface area contributed by atoms with Gasteiger partial charge in [0.25, 0.3) is 5.56 Å². The van der Waals surface area contributed by atoms with Crippen LogP contribution in [-0.2, 0) is 34.6 Å². The second-order valence-electron chi connectivity index (χ2n) is 7.92. The summed E-state index contributed by atoms with van der Waals surface area (Å²) in [5, 5.41) is 15.6. The molecule has 2 heterocycles. The molecule has 0 saturated heterocycles. The van der Waals surface area contributed by atoms with E-state index in [4.69, 9.17) is 0 Å². The molecule has 0 radical (unpaired) electrons. The number of fused-ring (bicyclic) bond motifs is 1. The van der Waals surface area contributed by atoms with E-state index in [1.165, 1.54) is 16.7 Å². The third kappa shape index (κ3) is 4.74. The molecule has 0 unspecified atom stereocenters. The highest BCUT2D eigenvalue weighted by Crippen LogP contribution is 2.30. The average Bonchev–Trinajstić information content (AvgIpc) is 2.73.